The molecule has 0 aliphatic carbocycles. The lowest BCUT2D eigenvalue weighted by molar-refractivity contribution is -0.145. The van der Waals surface area contributed by atoms with Gasteiger partial charge in [-0.2, -0.15) is 8.42 Å². The van der Waals surface area contributed by atoms with Gasteiger partial charge in [-0.15, -0.1) is 0 Å². The first kappa shape index (κ1) is 27.2. The van der Waals surface area contributed by atoms with Crippen molar-refractivity contribution in [3.05, 3.63) is 29.8 Å². The summed E-state index contributed by atoms with van der Waals surface area (Å²) in [7, 11) is -1.42. The van der Waals surface area contributed by atoms with Gasteiger partial charge in [-0.25, -0.2) is 0 Å². The summed E-state index contributed by atoms with van der Waals surface area (Å²) in [4.78, 5) is 33.5. The van der Waals surface area contributed by atoms with E-state index in [-0.39, 0.29) is 28.5 Å². The highest BCUT2D eigenvalue weighted by Crippen LogP contribution is 2.23. The first-order chi connectivity index (χ1) is 13.3. The number of ketones is 1. The highest BCUT2D eigenvalue weighted by molar-refractivity contribution is 9.10. The largest absolute Gasteiger partial charge is 0.469 e. The first-order valence-corrected chi connectivity index (χ1v) is 11.0. The number of carbonyl (C=O) groups is 3. The number of aryl methyl sites for hydroxylation is 1. The Morgan fingerprint density at radius 3 is 1.90 bits per heavy atom. The maximum Gasteiger partial charge on any atom is 0.319 e. The number of halogens is 1. The van der Waals surface area contributed by atoms with Crippen molar-refractivity contribution in [3.8, 4) is 0 Å². The van der Waals surface area contributed by atoms with Crippen molar-refractivity contribution in [2.24, 2.45) is 11.8 Å². The number of methoxy groups -OCH3 is 2. The van der Waals surface area contributed by atoms with E-state index in [2.05, 4.69) is 25.4 Å². The lowest BCUT2D eigenvalue weighted by Gasteiger charge is -2.19. The number of ether oxygens (including phenoxy) is 2. The Hall–Kier alpha value is -1.78. The molecule has 1 aromatic rings. The minimum atomic E-state index is -4.02. The standard InChI is InChI=1S/C12H19BrO5.C7H8O3S/c1-7(11(15)17-3)5-9(8(2)14)6-10(13)12(16)18-4;1-6-2-4-7(5-3-6)11(8,9)10/h7,9-10H,5-6H2,1-4H3;2-5H,1H3,(H,8,9,10). The molecule has 3 unspecified atom stereocenters. The average molecular weight is 495 g/mol. The smallest absolute Gasteiger partial charge is 0.319 e. The van der Waals surface area contributed by atoms with Crippen molar-refractivity contribution in [1.82, 2.24) is 0 Å². The molecule has 0 heterocycles. The van der Waals surface area contributed by atoms with E-state index in [1.54, 1.807) is 19.1 Å². The van der Waals surface area contributed by atoms with Crippen LogP contribution in [-0.2, 0) is 34.0 Å². The second-order valence-corrected chi connectivity index (χ2v) is 9.01. The fourth-order valence-electron chi connectivity index (χ4n) is 2.34. The molecule has 164 valence electrons. The van der Waals surface area contributed by atoms with Gasteiger partial charge < -0.3 is 9.47 Å². The van der Waals surface area contributed by atoms with Gasteiger partial charge in [0.05, 0.1) is 25.0 Å². The molecule has 0 aromatic heterocycles. The molecule has 1 rings (SSSR count). The van der Waals surface area contributed by atoms with E-state index in [4.69, 9.17) is 4.55 Å². The third kappa shape index (κ3) is 10.5. The zero-order valence-corrected chi connectivity index (χ0v) is 19.4. The van der Waals surface area contributed by atoms with Crippen molar-refractivity contribution >= 4 is 43.8 Å². The highest BCUT2D eigenvalue weighted by atomic mass is 79.9. The van der Waals surface area contributed by atoms with Crippen LogP contribution in [0.1, 0.15) is 32.3 Å². The van der Waals surface area contributed by atoms with E-state index >= 15 is 0 Å². The molecule has 0 aliphatic heterocycles. The van der Waals surface area contributed by atoms with Crippen LogP contribution in [-0.4, -0.2) is 49.7 Å². The Bertz CT molecular complexity index is 765. The molecule has 1 aromatic carbocycles. The predicted molar refractivity (Wildman–Crippen MR) is 110 cm³/mol. The van der Waals surface area contributed by atoms with Gasteiger partial charge in [0.2, 0.25) is 0 Å². The summed E-state index contributed by atoms with van der Waals surface area (Å²) in [6.07, 6.45) is 0.671. The SMILES string of the molecule is COC(=O)C(C)CC(CC(Br)C(=O)OC)C(C)=O.Cc1ccc(S(=O)(=O)O)cc1. The van der Waals surface area contributed by atoms with Gasteiger partial charge in [0.25, 0.3) is 10.1 Å². The summed E-state index contributed by atoms with van der Waals surface area (Å²) < 4.78 is 38.7. The fourth-order valence-corrected chi connectivity index (χ4v) is 3.45. The summed E-state index contributed by atoms with van der Waals surface area (Å²) in [5.41, 5.74) is 0.956. The number of esters is 2. The lowest BCUT2D eigenvalue weighted by Crippen LogP contribution is -2.26. The molecule has 0 aliphatic rings. The highest BCUT2D eigenvalue weighted by Gasteiger charge is 2.27. The van der Waals surface area contributed by atoms with E-state index in [9.17, 15) is 22.8 Å². The second-order valence-electron chi connectivity index (χ2n) is 6.48. The summed E-state index contributed by atoms with van der Waals surface area (Å²) in [5.74, 6) is -1.58. The lowest BCUT2D eigenvalue weighted by atomic mass is 9.89. The van der Waals surface area contributed by atoms with E-state index < -0.39 is 20.9 Å². The molecule has 8 nitrogen and oxygen atoms in total. The maximum absolute atomic E-state index is 11.5. The molecule has 0 spiro atoms. The average Bonchev–Trinajstić information content (AvgIpc) is 2.65. The van der Waals surface area contributed by atoms with E-state index in [0.717, 1.165) is 5.56 Å². The van der Waals surface area contributed by atoms with Gasteiger partial charge in [-0.1, -0.05) is 40.5 Å². The second kappa shape index (κ2) is 12.7. The number of alkyl halides is 1. The molecule has 0 saturated carbocycles. The van der Waals surface area contributed by atoms with Gasteiger partial charge in [-0.3, -0.25) is 18.9 Å². The Balaban J connectivity index is 0.000000604. The minimum Gasteiger partial charge on any atom is -0.469 e. The molecule has 0 fully saturated rings. The Kier molecular flexibility index (Phi) is 11.9. The van der Waals surface area contributed by atoms with Crippen molar-refractivity contribution in [2.75, 3.05) is 14.2 Å². The zero-order chi connectivity index (χ0) is 22.8. The molecular formula is C19H27BrO8S. The van der Waals surface area contributed by atoms with Crippen LogP contribution in [0.4, 0.5) is 0 Å². The third-order valence-electron chi connectivity index (χ3n) is 4.08. The summed E-state index contributed by atoms with van der Waals surface area (Å²) >= 11 is 3.17. The summed E-state index contributed by atoms with van der Waals surface area (Å²) in [5, 5.41) is 0. The van der Waals surface area contributed by atoms with E-state index in [1.807, 2.05) is 6.92 Å². The number of benzene rings is 1. The van der Waals surface area contributed by atoms with Crippen LogP contribution >= 0.6 is 15.9 Å². The zero-order valence-electron chi connectivity index (χ0n) is 17.0. The number of hydrogen-bond acceptors (Lipinski definition) is 7. The molecule has 0 saturated heterocycles. The van der Waals surface area contributed by atoms with Crippen LogP contribution in [0.3, 0.4) is 0 Å². The predicted octanol–water partition coefficient (Wildman–Crippen LogP) is 2.96. The van der Waals surface area contributed by atoms with Gasteiger partial charge in [-0.05, 0) is 38.8 Å². The quantitative estimate of drug-likeness (QED) is 0.332. The monoisotopic (exact) mass is 494 g/mol. The molecule has 3 atom stereocenters. The molecule has 0 radical (unpaired) electrons. The maximum atomic E-state index is 11.5. The van der Waals surface area contributed by atoms with Gasteiger partial charge in [0, 0.05) is 5.92 Å². The van der Waals surface area contributed by atoms with Crippen LogP contribution < -0.4 is 0 Å². The van der Waals surface area contributed by atoms with Crippen molar-refractivity contribution in [2.45, 2.75) is 43.3 Å². The van der Waals surface area contributed by atoms with Crippen LogP contribution in [0, 0.1) is 18.8 Å². The van der Waals surface area contributed by atoms with E-state index in [0.29, 0.717) is 12.8 Å². The number of Topliss-reactive ketones (excluding diaryl/α,β-unsaturated/α-hetero) is 1. The van der Waals surface area contributed by atoms with Crippen molar-refractivity contribution in [3.63, 3.8) is 0 Å². The van der Waals surface area contributed by atoms with Crippen LogP contribution in [0.5, 0.6) is 0 Å². The first-order valence-electron chi connectivity index (χ1n) is 8.67. The molecule has 10 heteroatoms. The molecular weight excluding hydrogens is 468 g/mol. The number of hydrogen-bond donors (Lipinski definition) is 1. The van der Waals surface area contributed by atoms with Crippen molar-refractivity contribution < 1.29 is 36.8 Å². The summed E-state index contributed by atoms with van der Waals surface area (Å²) in [6, 6.07) is 5.99. The molecule has 1 N–H and O–H groups in total. The number of carbonyl (C=O) groups excluding carboxylic acids is 3. The van der Waals surface area contributed by atoms with Crippen LogP contribution in [0.2, 0.25) is 0 Å². The fraction of sp³-hybridized carbons (Fsp3) is 0.526. The normalized spacial score (nSPS) is 13.9. The Morgan fingerprint density at radius 2 is 1.52 bits per heavy atom. The van der Waals surface area contributed by atoms with Gasteiger partial charge >= 0.3 is 11.9 Å². The Labute approximate surface area is 179 Å². The minimum absolute atomic E-state index is 0.0564. The summed E-state index contributed by atoms with van der Waals surface area (Å²) in [6.45, 7) is 4.99. The van der Waals surface area contributed by atoms with Gasteiger partial charge in [0.1, 0.15) is 10.6 Å². The van der Waals surface area contributed by atoms with E-state index in [1.165, 1.54) is 33.3 Å². The van der Waals surface area contributed by atoms with Crippen molar-refractivity contribution in [1.29, 1.82) is 0 Å². The molecule has 0 amide bonds. The third-order valence-corrected chi connectivity index (χ3v) is 5.70. The number of rotatable bonds is 8. The molecule has 0 bridgehead atoms. The van der Waals surface area contributed by atoms with Crippen LogP contribution in [0.25, 0.3) is 0 Å². The Morgan fingerprint density at radius 1 is 1.03 bits per heavy atom. The van der Waals surface area contributed by atoms with Crippen LogP contribution in [0.15, 0.2) is 29.2 Å². The molecule has 29 heavy (non-hydrogen) atoms. The topological polar surface area (TPSA) is 124 Å². The van der Waals surface area contributed by atoms with Gasteiger partial charge in [0.15, 0.2) is 0 Å².